The molecule has 0 rings (SSSR count). The number of rotatable bonds is 2. The summed E-state index contributed by atoms with van der Waals surface area (Å²) >= 11 is 0. The Morgan fingerprint density at radius 1 is 1.62 bits per heavy atom. The Labute approximate surface area is 47.0 Å². The van der Waals surface area contributed by atoms with Crippen molar-refractivity contribution in [2.24, 2.45) is 0 Å². The van der Waals surface area contributed by atoms with Gasteiger partial charge in [-0.2, -0.15) is 0 Å². The van der Waals surface area contributed by atoms with E-state index in [1.165, 1.54) is 13.0 Å². The molecule has 0 fully saturated rings. The van der Waals surface area contributed by atoms with Gasteiger partial charge in [-0.05, 0) is 6.92 Å². The van der Waals surface area contributed by atoms with Crippen LogP contribution in [0.15, 0.2) is 12.3 Å². The van der Waals surface area contributed by atoms with Crippen molar-refractivity contribution in [2.45, 2.75) is 6.92 Å². The summed E-state index contributed by atoms with van der Waals surface area (Å²) < 4.78 is 13.2. The SMILES string of the molecule is C/C=C/OP(=O)([O-])[O-]. The second-order valence-electron chi connectivity index (χ2n) is 1.02. The van der Waals surface area contributed by atoms with Crippen LogP contribution in [0.2, 0.25) is 0 Å². The van der Waals surface area contributed by atoms with Gasteiger partial charge in [-0.15, -0.1) is 0 Å². The standard InChI is InChI=1S/C3H7O4P/c1-2-3-7-8(4,5)6/h2-3H,1H3,(H2,4,5,6)/p-2/b3-2+. The van der Waals surface area contributed by atoms with Crippen LogP contribution in [0, 0.1) is 0 Å². The molecule has 0 unspecified atom stereocenters. The quantitative estimate of drug-likeness (QED) is 0.374. The lowest BCUT2D eigenvalue weighted by molar-refractivity contribution is -0.337. The maximum absolute atomic E-state index is 9.59. The summed E-state index contributed by atoms with van der Waals surface area (Å²) in [7, 11) is -4.77. The molecule has 0 spiro atoms. The molecule has 0 aliphatic carbocycles. The Morgan fingerprint density at radius 3 is 2.25 bits per heavy atom. The second-order valence-corrected chi connectivity index (χ2v) is 2.13. The average molecular weight is 136 g/mol. The first-order valence-electron chi connectivity index (χ1n) is 1.88. The molecule has 4 nitrogen and oxygen atoms in total. The van der Waals surface area contributed by atoms with Gasteiger partial charge in [0.15, 0.2) is 0 Å². The highest BCUT2D eigenvalue weighted by atomic mass is 31.2. The summed E-state index contributed by atoms with van der Waals surface area (Å²) in [6.07, 6.45) is 2.13. The van der Waals surface area contributed by atoms with Crippen molar-refractivity contribution in [1.82, 2.24) is 0 Å². The van der Waals surface area contributed by atoms with Gasteiger partial charge in [0.2, 0.25) is 0 Å². The monoisotopic (exact) mass is 136 g/mol. The number of phosphoric ester groups is 1. The maximum Gasteiger partial charge on any atom is 0.113 e. The first-order valence-corrected chi connectivity index (χ1v) is 3.34. The Balaban J connectivity index is 3.57. The van der Waals surface area contributed by atoms with E-state index in [1.54, 1.807) is 0 Å². The highest BCUT2D eigenvalue weighted by molar-refractivity contribution is 7.43. The van der Waals surface area contributed by atoms with Crippen LogP contribution in [0.5, 0.6) is 0 Å². The van der Waals surface area contributed by atoms with Crippen LogP contribution in [0.3, 0.4) is 0 Å². The third-order valence-corrected chi connectivity index (χ3v) is 0.706. The molecule has 0 aromatic heterocycles. The van der Waals surface area contributed by atoms with E-state index in [9.17, 15) is 14.4 Å². The fourth-order valence-electron chi connectivity index (χ4n) is 0.135. The van der Waals surface area contributed by atoms with Crippen molar-refractivity contribution < 1.29 is 18.9 Å². The highest BCUT2D eigenvalue weighted by Crippen LogP contribution is 2.24. The Hall–Kier alpha value is -0.310. The Morgan fingerprint density at radius 2 is 2.12 bits per heavy atom. The Kier molecular flexibility index (Phi) is 2.76. The van der Waals surface area contributed by atoms with Crippen LogP contribution in [0.4, 0.5) is 0 Å². The third-order valence-electron chi connectivity index (χ3n) is 0.326. The number of phosphoric acid groups is 1. The van der Waals surface area contributed by atoms with Gasteiger partial charge in [0, 0.05) is 0 Å². The predicted molar refractivity (Wildman–Crippen MR) is 23.5 cm³/mol. The summed E-state index contributed by atoms with van der Waals surface area (Å²) in [5.41, 5.74) is 0. The fourth-order valence-corrected chi connectivity index (χ4v) is 0.406. The van der Waals surface area contributed by atoms with Crippen molar-refractivity contribution in [2.75, 3.05) is 0 Å². The molecule has 0 bridgehead atoms. The minimum atomic E-state index is -4.77. The number of allylic oxidation sites excluding steroid dienone is 1. The molecule has 0 aromatic rings. The van der Waals surface area contributed by atoms with Crippen LogP contribution >= 0.6 is 7.82 Å². The lowest BCUT2D eigenvalue weighted by atomic mass is 10.8. The molecule has 8 heavy (non-hydrogen) atoms. The van der Waals surface area contributed by atoms with E-state index >= 15 is 0 Å². The van der Waals surface area contributed by atoms with Crippen LogP contribution < -0.4 is 9.79 Å². The molecule has 0 heterocycles. The minimum absolute atomic E-state index is 0.820. The van der Waals surface area contributed by atoms with Crippen LogP contribution in [-0.4, -0.2) is 0 Å². The minimum Gasteiger partial charge on any atom is -0.780 e. The summed E-state index contributed by atoms with van der Waals surface area (Å²) in [4.78, 5) is 19.2. The first-order chi connectivity index (χ1) is 3.56. The smallest absolute Gasteiger partial charge is 0.113 e. The molecular weight excluding hydrogens is 131 g/mol. The van der Waals surface area contributed by atoms with Gasteiger partial charge in [-0.1, -0.05) is 6.08 Å². The van der Waals surface area contributed by atoms with E-state index in [-0.39, 0.29) is 0 Å². The molecule has 0 saturated carbocycles. The van der Waals surface area contributed by atoms with E-state index in [0.29, 0.717) is 0 Å². The second kappa shape index (κ2) is 2.87. The predicted octanol–water partition coefficient (Wildman–Crippen LogP) is -0.635. The van der Waals surface area contributed by atoms with Crippen molar-refractivity contribution in [3.8, 4) is 0 Å². The van der Waals surface area contributed by atoms with Gasteiger partial charge < -0.3 is 18.9 Å². The third kappa shape index (κ3) is 5.69. The molecule has 0 atom stereocenters. The zero-order valence-electron chi connectivity index (χ0n) is 4.23. The van der Waals surface area contributed by atoms with Crippen LogP contribution in [0.1, 0.15) is 6.92 Å². The summed E-state index contributed by atoms with van der Waals surface area (Å²) in [5, 5.41) is 0. The molecule has 0 aromatic carbocycles. The molecular formula is C3H5O4P-2. The van der Waals surface area contributed by atoms with E-state index in [2.05, 4.69) is 4.52 Å². The van der Waals surface area contributed by atoms with Crippen molar-refractivity contribution in [1.29, 1.82) is 0 Å². The summed E-state index contributed by atoms with van der Waals surface area (Å²) in [6, 6.07) is 0. The highest BCUT2D eigenvalue weighted by Gasteiger charge is 1.79. The van der Waals surface area contributed by atoms with Gasteiger partial charge >= 0.3 is 0 Å². The molecule has 0 saturated heterocycles. The molecule has 5 heteroatoms. The largest absolute Gasteiger partial charge is 0.780 e. The Bertz CT molecular complexity index is 123. The van der Waals surface area contributed by atoms with Crippen molar-refractivity contribution in [3.63, 3.8) is 0 Å². The maximum atomic E-state index is 9.59. The van der Waals surface area contributed by atoms with E-state index < -0.39 is 7.82 Å². The molecule has 0 aliphatic heterocycles. The molecule has 0 radical (unpaired) electrons. The van der Waals surface area contributed by atoms with E-state index in [4.69, 9.17) is 0 Å². The van der Waals surface area contributed by atoms with Crippen LogP contribution in [0.25, 0.3) is 0 Å². The zero-order chi connectivity index (χ0) is 6.62. The number of hydrogen-bond acceptors (Lipinski definition) is 4. The fraction of sp³-hybridized carbons (Fsp3) is 0.333. The topological polar surface area (TPSA) is 72.4 Å². The van der Waals surface area contributed by atoms with Crippen LogP contribution in [-0.2, 0) is 9.09 Å². The lowest BCUT2D eigenvalue weighted by Crippen LogP contribution is -2.13. The molecule has 48 valence electrons. The average Bonchev–Trinajstić information content (AvgIpc) is 1.59. The van der Waals surface area contributed by atoms with Gasteiger partial charge in [0.05, 0.1) is 6.26 Å². The van der Waals surface area contributed by atoms with Crippen molar-refractivity contribution >= 4 is 7.82 Å². The van der Waals surface area contributed by atoms with Gasteiger partial charge in [-0.25, -0.2) is 0 Å². The van der Waals surface area contributed by atoms with Gasteiger partial charge in [-0.3, -0.25) is 0 Å². The number of hydrogen-bond donors (Lipinski definition) is 0. The van der Waals surface area contributed by atoms with Crippen molar-refractivity contribution in [3.05, 3.63) is 12.3 Å². The van der Waals surface area contributed by atoms with E-state index in [1.807, 2.05) is 0 Å². The van der Waals surface area contributed by atoms with E-state index in [0.717, 1.165) is 6.26 Å². The zero-order valence-corrected chi connectivity index (χ0v) is 5.13. The lowest BCUT2D eigenvalue weighted by Gasteiger charge is -2.26. The molecule has 0 N–H and O–H groups in total. The van der Waals surface area contributed by atoms with Gasteiger partial charge in [0.25, 0.3) is 0 Å². The molecule has 0 aliphatic rings. The summed E-state index contributed by atoms with van der Waals surface area (Å²) in [6.45, 7) is 1.54. The summed E-state index contributed by atoms with van der Waals surface area (Å²) in [5.74, 6) is 0. The first kappa shape index (κ1) is 7.69. The molecule has 0 amide bonds. The normalized spacial score (nSPS) is 12.4. The van der Waals surface area contributed by atoms with Gasteiger partial charge in [0.1, 0.15) is 7.82 Å².